The van der Waals surface area contributed by atoms with E-state index in [0.29, 0.717) is 25.7 Å². The predicted molar refractivity (Wildman–Crippen MR) is 252 cm³/mol. The summed E-state index contributed by atoms with van der Waals surface area (Å²) in [4.78, 5) is 38.7. The van der Waals surface area contributed by atoms with Gasteiger partial charge in [-0.25, -0.2) is 9.59 Å². The van der Waals surface area contributed by atoms with Gasteiger partial charge in [-0.15, -0.1) is 0 Å². The summed E-state index contributed by atoms with van der Waals surface area (Å²) in [6, 6.07) is 0. The van der Waals surface area contributed by atoms with E-state index in [-0.39, 0.29) is 39.4 Å². The predicted octanol–water partition coefficient (Wildman–Crippen LogP) is -0.00680. The average Bonchev–Trinajstić information content (AvgIpc) is 3.33. The molecule has 0 unspecified atom stereocenters. The first-order valence-corrected chi connectivity index (χ1v) is 26.6. The minimum Gasteiger partial charge on any atom is -0.481 e. The molecule has 0 aromatic carbocycles. The van der Waals surface area contributed by atoms with E-state index in [4.69, 9.17) is 37.9 Å². The van der Waals surface area contributed by atoms with Crippen molar-refractivity contribution in [1.82, 2.24) is 0 Å². The van der Waals surface area contributed by atoms with Gasteiger partial charge in [0.25, 0.3) is 0 Å². The summed E-state index contributed by atoms with van der Waals surface area (Å²) in [6.45, 7) is 14.6. The molecule has 0 amide bonds. The number of hydrogen-bond donors (Lipinski definition) is 12. The molecule has 4 aliphatic heterocycles. The minimum atomic E-state index is -2.18. The van der Waals surface area contributed by atoms with Gasteiger partial charge in [0.1, 0.15) is 73.2 Å². The second kappa shape index (κ2) is 20.2. The van der Waals surface area contributed by atoms with Crippen molar-refractivity contribution < 1.29 is 114 Å². The molecule has 0 aromatic rings. The van der Waals surface area contributed by atoms with Gasteiger partial charge in [-0.3, -0.25) is 4.79 Å². The number of hydrogen-bond acceptors (Lipinski definition) is 20. The van der Waals surface area contributed by atoms with Gasteiger partial charge in [0.2, 0.25) is 0 Å². The largest absolute Gasteiger partial charge is 0.481 e. The van der Waals surface area contributed by atoms with Gasteiger partial charge in [-0.1, -0.05) is 60.1 Å². The topological polar surface area (TPSA) is 368 Å². The molecule has 426 valence electrons. The summed E-state index contributed by atoms with van der Waals surface area (Å²) in [5.41, 5.74) is -0.760. The number of ether oxygens (including phenoxy) is 8. The SMILES string of the molecule is CC1(C)CC[C@@]2(C(=O)O)CC[C@@]3(C)C(=CC[C@@H]4[C@@]5(C)CC[C@@H](O[C@@H]6O[C@H](C(=O)O)[C@H](O[C@@H]7OC[C@H](O)[C@H](O[C@@H]8OC[C@H](O)[C@@H](O)[C@H]8O)[C@H]7O)[C@H](O[C@@H]7O[C@H](C(=O)O)[C@H](O)[C@H](O)[C@H]7O)[C@H]6O)C(C)(C)[C@@H]5CC[C@@]43C)[C@H]2C1. The van der Waals surface area contributed by atoms with Crippen molar-refractivity contribution in [3.63, 3.8) is 0 Å². The molecule has 4 saturated carbocycles. The highest BCUT2D eigenvalue weighted by molar-refractivity contribution is 5.77. The van der Waals surface area contributed by atoms with Crippen molar-refractivity contribution in [3.8, 4) is 0 Å². The van der Waals surface area contributed by atoms with E-state index in [1.54, 1.807) is 0 Å². The van der Waals surface area contributed by atoms with Crippen LogP contribution in [0.5, 0.6) is 0 Å². The van der Waals surface area contributed by atoms with Crippen LogP contribution in [-0.2, 0) is 52.3 Å². The van der Waals surface area contributed by atoms with Crippen LogP contribution in [0.4, 0.5) is 0 Å². The molecule has 4 saturated heterocycles. The van der Waals surface area contributed by atoms with E-state index in [2.05, 4.69) is 54.5 Å². The lowest BCUT2D eigenvalue weighted by molar-refractivity contribution is -0.387. The average molecular weight is 1070 g/mol. The van der Waals surface area contributed by atoms with Crippen LogP contribution in [0.15, 0.2) is 11.6 Å². The van der Waals surface area contributed by atoms with E-state index in [1.807, 2.05) is 0 Å². The Hall–Kier alpha value is -2.53. The zero-order valence-corrected chi connectivity index (χ0v) is 43.6. The monoisotopic (exact) mass is 1070 g/mol. The summed E-state index contributed by atoms with van der Waals surface area (Å²) >= 11 is 0. The summed E-state index contributed by atoms with van der Waals surface area (Å²) in [5.74, 6) is -3.97. The number of fused-ring (bicyclic) bond motifs is 7. The summed E-state index contributed by atoms with van der Waals surface area (Å²) in [5, 5.41) is 129. The van der Waals surface area contributed by atoms with Crippen molar-refractivity contribution in [2.24, 2.45) is 50.2 Å². The Morgan fingerprint density at radius 3 is 1.76 bits per heavy atom. The van der Waals surface area contributed by atoms with Crippen LogP contribution in [0.2, 0.25) is 0 Å². The van der Waals surface area contributed by atoms with E-state index in [1.165, 1.54) is 5.57 Å². The standard InChI is InChI=1S/C52H80O23/c1-47(2)14-16-52(46(66)67)17-15-50(6)21(22(52)18-47)8-9-26-49(5)12-11-27(48(3,4)25(49)10-13-51(26,50)7)70-45-34(61)36(72-44-32(59)29(56)30(57)37(73-44)40(62)63)38(39(75-45)41(64)65)74-43-33(60)35(24(54)20-69-43)71-42-31(58)28(55)23(53)19-68-42/h8,22-39,42-45,53-61H,9-20H2,1-7H3,(H,62,63)(H,64,65)(H,66,67)/t22-,23+,24+,25+,26-,27-,28-,29+,30-,31-,32-,33-,34-,35+,36-,37+,38-,39+,42+,43+,44-,45-,49+,50+,51+,52-/m1/s1. The Morgan fingerprint density at radius 2 is 1.11 bits per heavy atom. The van der Waals surface area contributed by atoms with Crippen LogP contribution in [0.3, 0.4) is 0 Å². The van der Waals surface area contributed by atoms with E-state index < -0.39 is 159 Å². The van der Waals surface area contributed by atoms with E-state index in [0.717, 1.165) is 38.5 Å². The molecule has 8 fully saturated rings. The Balaban J connectivity index is 0.982. The first-order chi connectivity index (χ1) is 34.9. The first-order valence-electron chi connectivity index (χ1n) is 26.6. The Labute approximate surface area is 435 Å². The lowest BCUT2D eigenvalue weighted by Crippen LogP contribution is -2.68. The number of carboxylic acid groups (broad SMARTS) is 3. The third-order valence-corrected chi connectivity index (χ3v) is 20.6. The van der Waals surface area contributed by atoms with Crippen molar-refractivity contribution in [1.29, 1.82) is 0 Å². The molecule has 23 heteroatoms. The molecule has 0 radical (unpaired) electrons. The van der Waals surface area contributed by atoms with Crippen molar-refractivity contribution in [2.75, 3.05) is 13.2 Å². The molecule has 0 spiro atoms. The zero-order chi connectivity index (χ0) is 54.9. The molecule has 0 aromatic heterocycles. The van der Waals surface area contributed by atoms with Crippen molar-refractivity contribution in [2.45, 2.75) is 229 Å². The van der Waals surface area contributed by atoms with E-state index >= 15 is 0 Å². The number of carboxylic acids is 3. The highest BCUT2D eigenvalue weighted by Crippen LogP contribution is 2.76. The van der Waals surface area contributed by atoms with Crippen LogP contribution < -0.4 is 0 Å². The van der Waals surface area contributed by atoms with Crippen molar-refractivity contribution >= 4 is 17.9 Å². The van der Waals surface area contributed by atoms with Gasteiger partial charge >= 0.3 is 17.9 Å². The lowest BCUT2D eigenvalue weighted by Gasteiger charge is -2.71. The second-order valence-corrected chi connectivity index (χ2v) is 25.5. The molecule has 4 heterocycles. The van der Waals surface area contributed by atoms with Crippen LogP contribution in [0.1, 0.15) is 113 Å². The highest BCUT2D eigenvalue weighted by atomic mass is 16.8. The first kappa shape index (κ1) is 57.2. The van der Waals surface area contributed by atoms with Gasteiger partial charge in [0.05, 0.1) is 24.7 Å². The fourth-order valence-electron chi connectivity index (χ4n) is 16.0. The van der Waals surface area contributed by atoms with Gasteiger partial charge in [0.15, 0.2) is 37.4 Å². The van der Waals surface area contributed by atoms with Crippen LogP contribution in [-0.4, -0.2) is 209 Å². The summed E-state index contributed by atoms with van der Waals surface area (Å²) < 4.78 is 46.8. The van der Waals surface area contributed by atoms with Crippen LogP contribution in [0.25, 0.3) is 0 Å². The summed E-state index contributed by atoms with van der Waals surface area (Å²) in [7, 11) is 0. The number of aliphatic carboxylic acids is 3. The van der Waals surface area contributed by atoms with Gasteiger partial charge in [0, 0.05) is 0 Å². The Kier molecular flexibility index (Phi) is 15.4. The third kappa shape index (κ3) is 9.31. The Bertz CT molecular complexity index is 2170. The Morgan fingerprint density at radius 1 is 0.547 bits per heavy atom. The quantitative estimate of drug-likeness (QED) is 0.0956. The molecule has 12 N–H and O–H groups in total. The lowest BCUT2D eigenvalue weighted by atomic mass is 9.33. The van der Waals surface area contributed by atoms with Gasteiger partial charge in [-0.05, 0) is 109 Å². The maximum absolute atomic E-state index is 13.3. The molecule has 26 atom stereocenters. The number of carbonyl (C=O) groups is 3. The fraction of sp³-hybridized carbons (Fsp3) is 0.904. The van der Waals surface area contributed by atoms with E-state index in [9.17, 15) is 75.7 Å². The minimum absolute atomic E-state index is 0.0126. The fourth-order valence-corrected chi connectivity index (χ4v) is 16.0. The summed E-state index contributed by atoms with van der Waals surface area (Å²) in [6.07, 6.45) is -26.1. The van der Waals surface area contributed by atoms with Crippen LogP contribution >= 0.6 is 0 Å². The normalized spacial score (nSPS) is 52.5. The molecular weight excluding hydrogens is 993 g/mol. The second-order valence-electron chi connectivity index (χ2n) is 25.5. The van der Waals surface area contributed by atoms with Crippen LogP contribution in [0, 0.1) is 50.2 Å². The molecule has 9 aliphatic rings. The number of rotatable bonds is 11. The zero-order valence-electron chi connectivity index (χ0n) is 43.6. The molecule has 23 nitrogen and oxygen atoms in total. The maximum atomic E-state index is 13.3. The number of aliphatic hydroxyl groups excluding tert-OH is 9. The van der Waals surface area contributed by atoms with Gasteiger partial charge < -0.3 is 99.2 Å². The third-order valence-electron chi connectivity index (χ3n) is 20.6. The molecule has 9 rings (SSSR count). The highest BCUT2D eigenvalue weighted by Gasteiger charge is 2.70. The number of aliphatic hydroxyl groups is 9. The van der Waals surface area contributed by atoms with Crippen molar-refractivity contribution in [3.05, 3.63) is 11.6 Å². The smallest absolute Gasteiger partial charge is 0.335 e. The molecule has 5 aliphatic carbocycles. The number of allylic oxidation sites excluding steroid dienone is 2. The van der Waals surface area contributed by atoms with Gasteiger partial charge in [-0.2, -0.15) is 0 Å². The molecule has 75 heavy (non-hydrogen) atoms. The molecule has 0 bridgehead atoms. The maximum Gasteiger partial charge on any atom is 0.335 e. The molecular formula is C52H80O23.